The van der Waals surface area contributed by atoms with Gasteiger partial charge in [-0.1, -0.05) is 0 Å². The molecule has 1 fully saturated rings. The minimum absolute atomic E-state index is 0.0334. The van der Waals surface area contributed by atoms with Gasteiger partial charge in [0, 0.05) is 36.6 Å². The van der Waals surface area contributed by atoms with Crippen LogP contribution in [0.2, 0.25) is 0 Å². The molecule has 0 saturated carbocycles. The number of nitrogens with zero attached hydrogens (tertiary/aromatic N) is 4. The van der Waals surface area contributed by atoms with Crippen LogP contribution in [0, 0.1) is 13.8 Å². The molecule has 2 aromatic rings. The molecular formula is C19H24F3N5O. The van der Waals surface area contributed by atoms with Crippen molar-refractivity contribution in [3.63, 3.8) is 0 Å². The molecule has 0 radical (unpaired) electrons. The number of hydrogen-bond acceptors (Lipinski definition) is 4. The first-order chi connectivity index (χ1) is 13.2. The molecule has 1 saturated heterocycles. The highest BCUT2D eigenvalue weighted by Crippen LogP contribution is 2.29. The number of likely N-dealkylation sites (N-methyl/N-ethyl adjacent to an activating group) is 1. The molecular weight excluding hydrogens is 371 g/mol. The highest BCUT2D eigenvalue weighted by atomic mass is 19.4. The Morgan fingerprint density at radius 2 is 2.07 bits per heavy atom. The molecule has 28 heavy (non-hydrogen) atoms. The number of hydrogen-bond donors (Lipinski definition) is 1. The lowest BCUT2D eigenvalue weighted by Crippen LogP contribution is -2.47. The molecule has 6 nitrogen and oxygen atoms in total. The van der Waals surface area contributed by atoms with Crippen LogP contribution in [0.15, 0.2) is 18.3 Å². The first kappa shape index (κ1) is 20.3. The molecule has 1 amide bonds. The molecule has 1 atom stereocenters. The van der Waals surface area contributed by atoms with Crippen molar-refractivity contribution >= 4 is 5.91 Å². The fraction of sp³-hybridized carbons (Fsp3) is 0.526. The number of piperidine rings is 1. The molecule has 1 aliphatic rings. The Morgan fingerprint density at radius 3 is 2.68 bits per heavy atom. The largest absolute Gasteiger partial charge is 0.417 e. The van der Waals surface area contributed by atoms with Crippen molar-refractivity contribution in [3.8, 4) is 5.82 Å². The molecule has 0 unspecified atom stereocenters. The van der Waals surface area contributed by atoms with Crippen LogP contribution in [0.1, 0.15) is 35.4 Å². The van der Waals surface area contributed by atoms with Crippen LogP contribution in [0.5, 0.6) is 0 Å². The van der Waals surface area contributed by atoms with Gasteiger partial charge in [-0.25, -0.2) is 9.67 Å². The number of pyridine rings is 1. The Labute approximate surface area is 161 Å². The lowest BCUT2D eigenvalue weighted by atomic mass is 10.0. The van der Waals surface area contributed by atoms with Gasteiger partial charge in [0.15, 0.2) is 5.82 Å². The second kappa shape index (κ2) is 7.90. The van der Waals surface area contributed by atoms with Gasteiger partial charge in [0.25, 0.3) is 0 Å². The summed E-state index contributed by atoms with van der Waals surface area (Å²) in [6.07, 6.45) is -1.41. The van der Waals surface area contributed by atoms with Crippen molar-refractivity contribution < 1.29 is 18.0 Å². The van der Waals surface area contributed by atoms with E-state index in [0.29, 0.717) is 29.8 Å². The minimum Gasteiger partial charge on any atom is -0.341 e. The summed E-state index contributed by atoms with van der Waals surface area (Å²) in [7, 11) is 1.90. The van der Waals surface area contributed by atoms with Gasteiger partial charge in [-0.15, -0.1) is 0 Å². The number of rotatable bonds is 4. The van der Waals surface area contributed by atoms with Crippen LogP contribution in [0.4, 0.5) is 13.2 Å². The number of likely N-dealkylation sites (tertiary alicyclic amines) is 1. The van der Waals surface area contributed by atoms with E-state index < -0.39 is 11.7 Å². The molecule has 1 N–H and O–H groups in total. The summed E-state index contributed by atoms with van der Waals surface area (Å²) in [5.41, 5.74) is 1.37. The lowest BCUT2D eigenvalue weighted by molar-refractivity contribution is -0.137. The summed E-state index contributed by atoms with van der Waals surface area (Å²) < 4.78 is 39.7. The number of alkyl halides is 3. The summed E-state index contributed by atoms with van der Waals surface area (Å²) in [6.45, 7) is 5.02. The van der Waals surface area contributed by atoms with Gasteiger partial charge in [-0.2, -0.15) is 18.3 Å². The highest BCUT2D eigenvalue weighted by molar-refractivity contribution is 5.79. The zero-order valence-electron chi connectivity index (χ0n) is 16.2. The van der Waals surface area contributed by atoms with E-state index in [-0.39, 0.29) is 12.3 Å². The Bertz CT molecular complexity index is 844. The van der Waals surface area contributed by atoms with Crippen molar-refractivity contribution in [1.82, 2.24) is 25.0 Å². The highest BCUT2D eigenvalue weighted by Gasteiger charge is 2.31. The Hall–Kier alpha value is -2.42. The Morgan fingerprint density at radius 1 is 1.32 bits per heavy atom. The summed E-state index contributed by atoms with van der Waals surface area (Å²) in [4.78, 5) is 18.5. The molecule has 3 heterocycles. The van der Waals surface area contributed by atoms with Crippen molar-refractivity contribution in [1.29, 1.82) is 0 Å². The number of halogens is 3. The smallest absolute Gasteiger partial charge is 0.341 e. The van der Waals surface area contributed by atoms with E-state index in [0.717, 1.165) is 37.2 Å². The number of carbonyl (C=O) groups excluding carboxylic acids is 1. The summed E-state index contributed by atoms with van der Waals surface area (Å²) in [6, 6.07) is 2.57. The van der Waals surface area contributed by atoms with Crippen molar-refractivity contribution in [3.05, 3.63) is 40.8 Å². The standard InChI is InChI=1S/C19H24F3N5O/c1-12-16(9-18(28)26-8-4-5-15(11-26)23-3)13(2)27(25-12)17-7-6-14(10-24-17)19(20,21)22/h6-7,10,15,23H,4-5,8-9,11H2,1-3H3/t15-/m1/s1. The summed E-state index contributed by atoms with van der Waals surface area (Å²) >= 11 is 0. The summed E-state index contributed by atoms with van der Waals surface area (Å²) in [5, 5.41) is 7.61. The van der Waals surface area contributed by atoms with Gasteiger partial charge >= 0.3 is 6.18 Å². The zero-order valence-corrected chi connectivity index (χ0v) is 16.2. The molecule has 0 bridgehead atoms. The number of amides is 1. The van der Waals surface area contributed by atoms with E-state index >= 15 is 0 Å². The first-order valence-electron chi connectivity index (χ1n) is 9.24. The zero-order chi connectivity index (χ0) is 20.5. The average Bonchev–Trinajstić information content (AvgIpc) is 2.95. The fourth-order valence-corrected chi connectivity index (χ4v) is 3.54. The van der Waals surface area contributed by atoms with E-state index in [4.69, 9.17) is 0 Å². The van der Waals surface area contributed by atoms with Gasteiger partial charge in [-0.05, 0) is 45.9 Å². The molecule has 0 aliphatic carbocycles. The number of carbonyl (C=O) groups is 1. The molecule has 0 aromatic carbocycles. The number of aryl methyl sites for hydroxylation is 1. The van der Waals surface area contributed by atoms with Crippen LogP contribution >= 0.6 is 0 Å². The number of nitrogens with one attached hydrogen (secondary N) is 1. The van der Waals surface area contributed by atoms with E-state index in [1.54, 1.807) is 13.8 Å². The van der Waals surface area contributed by atoms with E-state index in [1.165, 1.54) is 10.7 Å². The van der Waals surface area contributed by atoms with Crippen molar-refractivity contribution in [2.45, 2.75) is 45.3 Å². The van der Waals surface area contributed by atoms with Crippen LogP contribution < -0.4 is 5.32 Å². The van der Waals surface area contributed by atoms with Gasteiger partial charge in [-0.3, -0.25) is 4.79 Å². The third kappa shape index (κ3) is 4.19. The normalized spacial score (nSPS) is 17.8. The lowest BCUT2D eigenvalue weighted by Gasteiger charge is -2.32. The fourth-order valence-electron chi connectivity index (χ4n) is 3.54. The van der Waals surface area contributed by atoms with E-state index in [9.17, 15) is 18.0 Å². The van der Waals surface area contributed by atoms with E-state index in [1.807, 2.05) is 11.9 Å². The maximum atomic E-state index is 12.8. The number of aromatic nitrogens is 3. The van der Waals surface area contributed by atoms with Gasteiger partial charge < -0.3 is 10.2 Å². The van der Waals surface area contributed by atoms with Crippen LogP contribution in [0.3, 0.4) is 0 Å². The maximum Gasteiger partial charge on any atom is 0.417 e. The molecule has 3 rings (SSSR count). The predicted molar refractivity (Wildman–Crippen MR) is 98.2 cm³/mol. The predicted octanol–water partition coefficient (Wildman–Crippen LogP) is 2.66. The summed E-state index contributed by atoms with van der Waals surface area (Å²) in [5.74, 6) is 0.326. The molecule has 9 heteroatoms. The van der Waals surface area contributed by atoms with Gasteiger partial charge in [0.2, 0.25) is 5.91 Å². The third-order valence-corrected chi connectivity index (χ3v) is 5.24. The Balaban J connectivity index is 1.79. The molecule has 0 spiro atoms. The van der Waals surface area contributed by atoms with Crippen molar-refractivity contribution in [2.24, 2.45) is 0 Å². The molecule has 1 aliphatic heterocycles. The van der Waals surface area contributed by atoms with Crippen LogP contribution in [0.25, 0.3) is 5.82 Å². The SMILES string of the molecule is CN[C@@H]1CCCN(C(=O)Cc2c(C)nn(-c3ccc(C(F)(F)F)cn3)c2C)C1. The van der Waals surface area contributed by atoms with Gasteiger partial charge in [0.05, 0.1) is 17.7 Å². The monoisotopic (exact) mass is 395 g/mol. The molecule has 152 valence electrons. The van der Waals surface area contributed by atoms with E-state index in [2.05, 4.69) is 15.4 Å². The average molecular weight is 395 g/mol. The minimum atomic E-state index is -4.43. The molecule has 2 aromatic heterocycles. The second-order valence-corrected chi connectivity index (χ2v) is 7.11. The maximum absolute atomic E-state index is 12.8. The van der Waals surface area contributed by atoms with Crippen LogP contribution in [-0.2, 0) is 17.4 Å². The Kier molecular flexibility index (Phi) is 5.74. The van der Waals surface area contributed by atoms with Crippen molar-refractivity contribution in [2.75, 3.05) is 20.1 Å². The third-order valence-electron chi connectivity index (χ3n) is 5.24. The second-order valence-electron chi connectivity index (χ2n) is 7.11. The van der Waals surface area contributed by atoms with Crippen LogP contribution in [-0.4, -0.2) is 51.8 Å². The topological polar surface area (TPSA) is 63.1 Å². The first-order valence-corrected chi connectivity index (χ1v) is 9.24. The van der Waals surface area contributed by atoms with Gasteiger partial charge in [0.1, 0.15) is 0 Å². The quantitative estimate of drug-likeness (QED) is 0.865.